The molecule has 1 fully saturated rings. The zero-order valence-electron chi connectivity index (χ0n) is 16.8. The summed E-state index contributed by atoms with van der Waals surface area (Å²) in [5.41, 5.74) is 4.18. The summed E-state index contributed by atoms with van der Waals surface area (Å²) in [6.07, 6.45) is 10.7. The van der Waals surface area contributed by atoms with E-state index in [2.05, 4.69) is 31.2 Å². The van der Waals surface area contributed by atoms with Crippen molar-refractivity contribution in [2.45, 2.75) is 70.8 Å². The Labute approximate surface area is 164 Å². The molecule has 0 bridgehead atoms. The van der Waals surface area contributed by atoms with Gasteiger partial charge in [0.2, 0.25) is 0 Å². The molecule has 0 N–H and O–H groups in total. The quantitative estimate of drug-likeness (QED) is 0.438. The first-order valence-corrected chi connectivity index (χ1v) is 10.6. The van der Waals surface area contributed by atoms with E-state index in [9.17, 15) is 4.39 Å². The Hall–Kier alpha value is -1.67. The fourth-order valence-electron chi connectivity index (χ4n) is 4.55. The zero-order valence-corrected chi connectivity index (χ0v) is 16.8. The van der Waals surface area contributed by atoms with Crippen LogP contribution in [0.5, 0.6) is 0 Å². The molecule has 2 aromatic rings. The summed E-state index contributed by atoms with van der Waals surface area (Å²) in [6.45, 7) is 2.59. The van der Waals surface area contributed by atoms with E-state index in [-0.39, 0.29) is 5.82 Å². The molecular formula is C25H33FO. The number of unbranched alkanes of at least 4 members (excludes halogenated alkanes) is 2. The first-order chi connectivity index (χ1) is 13.2. The van der Waals surface area contributed by atoms with Gasteiger partial charge in [-0.3, -0.25) is 0 Å². The predicted molar refractivity (Wildman–Crippen MR) is 111 cm³/mol. The average Bonchev–Trinajstić information content (AvgIpc) is 2.70. The third-order valence-electron chi connectivity index (χ3n) is 6.13. The Balaban J connectivity index is 1.73. The average molecular weight is 369 g/mol. The van der Waals surface area contributed by atoms with Crippen molar-refractivity contribution in [3.05, 3.63) is 59.4 Å². The molecule has 0 aromatic heterocycles. The van der Waals surface area contributed by atoms with Gasteiger partial charge >= 0.3 is 0 Å². The molecule has 2 heteroatoms. The van der Waals surface area contributed by atoms with Gasteiger partial charge in [-0.05, 0) is 60.3 Å². The highest BCUT2D eigenvalue weighted by molar-refractivity contribution is 5.68. The summed E-state index contributed by atoms with van der Waals surface area (Å²) in [4.78, 5) is 0. The molecule has 0 unspecified atom stereocenters. The first kappa shape index (κ1) is 20.1. The normalized spacial score (nSPS) is 20.0. The highest BCUT2D eigenvalue weighted by Gasteiger charge is 2.24. The summed E-state index contributed by atoms with van der Waals surface area (Å²) >= 11 is 0. The van der Waals surface area contributed by atoms with Crippen LogP contribution in [-0.4, -0.2) is 7.11 Å². The van der Waals surface area contributed by atoms with Crippen LogP contribution in [0.4, 0.5) is 4.39 Å². The number of hydrogen-bond donors (Lipinski definition) is 0. The fraction of sp³-hybridized carbons (Fsp3) is 0.520. The standard InChI is InChI=1S/C25H33FO/c1-3-4-5-8-19-11-13-20(14-12-19)23-9-6-7-10-24(23)21-15-16-22(18-27-2)25(26)17-21/h6-7,9-10,15-17,19-20H,3-5,8,11-14,18H2,1-2H3/t19-,20-. The molecular weight excluding hydrogens is 335 g/mol. The number of halogens is 1. The Kier molecular flexibility index (Phi) is 7.46. The lowest BCUT2D eigenvalue weighted by Gasteiger charge is -2.30. The molecule has 3 rings (SSSR count). The molecule has 0 heterocycles. The van der Waals surface area contributed by atoms with Gasteiger partial charge in [-0.25, -0.2) is 4.39 Å². The molecule has 1 aliphatic rings. The maximum Gasteiger partial charge on any atom is 0.129 e. The van der Waals surface area contributed by atoms with Gasteiger partial charge in [0.15, 0.2) is 0 Å². The SMILES string of the molecule is CCCCC[C@H]1CC[C@H](c2ccccc2-c2ccc(COC)c(F)c2)CC1. The molecule has 1 saturated carbocycles. The van der Waals surface area contributed by atoms with Crippen LogP contribution in [0.15, 0.2) is 42.5 Å². The monoisotopic (exact) mass is 368 g/mol. The van der Waals surface area contributed by atoms with Crippen molar-refractivity contribution in [2.24, 2.45) is 5.92 Å². The molecule has 27 heavy (non-hydrogen) atoms. The van der Waals surface area contributed by atoms with E-state index in [0.29, 0.717) is 18.1 Å². The Morgan fingerprint density at radius 3 is 2.48 bits per heavy atom. The van der Waals surface area contributed by atoms with Crippen LogP contribution in [0.1, 0.15) is 75.3 Å². The molecule has 146 valence electrons. The topological polar surface area (TPSA) is 9.23 Å². The maximum absolute atomic E-state index is 14.4. The van der Waals surface area contributed by atoms with E-state index in [1.807, 2.05) is 12.1 Å². The van der Waals surface area contributed by atoms with Crippen LogP contribution >= 0.6 is 0 Å². The van der Waals surface area contributed by atoms with Crippen LogP contribution in [0.25, 0.3) is 11.1 Å². The maximum atomic E-state index is 14.4. The van der Waals surface area contributed by atoms with Gasteiger partial charge in [0.1, 0.15) is 5.82 Å². The van der Waals surface area contributed by atoms with Crippen LogP contribution in [0.3, 0.4) is 0 Å². The molecule has 2 aromatic carbocycles. The van der Waals surface area contributed by atoms with Crippen LogP contribution in [0, 0.1) is 11.7 Å². The lowest BCUT2D eigenvalue weighted by atomic mass is 9.75. The van der Waals surface area contributed by atoms with Crippen molar-refractivity contribution in [3.8, 4) is 11.1 Å². The number of hydrogen-bond acceptors (Lipinski definition) is 1. The summed E-state index contributed by atoms with van der Waals surface area (Å²) in [6, 6.07) is 14.1. The van der Waals surface area contributed by atoms with Gasteiger partial charge in [-0.1, -0.05) is 69.0 Å². The molecule has 0 spiro atoms. The van der Waals surface area contributed by atoms with E-state index in [0.717, 1.165) is 11.5 Å². The fourth-order valence-corrected chi connectivity index (χ4v) is 4.55. The minimum atomic E-state index is -0.177. The van der Waals surface area contributed by atoms with Gasteiger partial charge in [0.25, 0.3) is 0 Å². The second-order valence-corrected chi connectivity index (χ2v) is 8.04. The molecule has 0 saturated heterocycles. The van der Waals surface area contributed by atoms with Crippen molar-refractivity contribution in [2.75, 3.05) is 7.11 Å². The lowest BCUT2D eigenvalue weighted by Crippen LogP contribution is -2.14. The summed E-state index contributed by atoms with van der Waals surface area (Å²) < 4.78 is 19.5. The van der Waals surface area contributed by atoms with Gasteiger partial charge in [-0.15, -0.1) is 0 Å². The molecule has 0 atom stereocenters. The van der Waals surface area contributed by atoms with Crippen molar-refractivity contribution in [1.82, 2.24) is 0 Å². The van der Waals surface area contributed by atoms with Gasteiger partial charge in [0, 0.05) is 12.7 Å². The highest BCUT2D eigenvalue weighted by Crippen LogP contribution is 2.41. The van der Waals surface area contributed by atoms with E-state index in [4.69, 9.17) is 4.74 Å². The Morgan fingerprint density at radius 2 is 1.78 bits per heavy atom. The third-order valence-corrected chi connectivity index (χ3v) is 6.13. The molecule has 0 aliphatic heterocycles. The Bertz CT molecular complexity index is 716. The zero-order chi connectivity index (χ0) is 19.1. The predicted octanol–water partition coefficient (Wildman–Crippen LogP) is 7.49. The minimum Gasteiger partial charge on any atom is -0.380 e. The van der Waals surface area contributed by atoms with E-state index in [1.165, 1.54) is 62.5 Å². The lowest BCUT2D eigenvalue weighted by molar-refractivity contribution is 0.181. The van der Waals surface area contributed by atoms with E-state index >= 15 is 0 Å². The third kappa shape index (κ3) is 5.19. The van der Waals surface area contributed by atoms with E-state index < -0.39 is 0 Å². The number of ether oxygens (including phenoxy) is 1. The molecule has 0 radical (unpaired) electrons. The number of benzene rings is 2. The van der Waals surface area contributed by atoms with Gasteiger partial charge in [-0.2, -0.15) is 0 Å². The van der Waals surface area contributed by atoms with Crippen LogP contribution in [-0.2, 0) is 11.3 Å². The summed E-state index contributed by atoms with van der Waals surface area (Å²) in [7, 11) is 1.60. The van der Waals surface area contributed by atoms with Crippen LogP contribution < -0.4 is 0 Å². The summed E-state index contributed by atoms with van der Waals surface area (Å²) in [5.74, 6) is 1.33. The van der Waals surface area contributed by atoms with Crippen molar-refractivity contribution in [3.63, 3.8) is 0 Å². The molecule has 1 nitrogen and oxygen atoms in total. The van der Waals surface area contributed by atoms with E-state index in [1.54, 1.807) is 13.2 Å². The number of methoxy groups -OCH3 is 1. The smallest absolute Gasteiger partial charge is 0.129 e. The second kappa shape index (κ2) is 10.0. The van der Waals surface area contributed by atoms with Crippen molar-refractivity contribution >= 4 is 0 Å². The molecule has 0 amide bonds. The second-order valence-electron chi connectivity index (χ2n) is 8.04. The molecule has 1 aliphatic carbocycles. The minimum absolute atomic E-state index is 0.177. The summed E-state index contributed by atoms with van der Waals surface area (Å²) in [5, 5.41) is 0. The van der Waals surface area contributed by atoms with Crippen molar-refractivity contribution < 1.29 is 9.13 Å². The van der Waals surface area contributed by atoms with Gasteiger partial charge < -0.3 is 4.74 Å². The highest BCUT2D eigenvalue weighted by atomic mass is 19.1. The van der Waals surface area contributed by atoms with Crippen molar-refractivity contribution in [1.29, 1.82) is 0 Å². The van der Waals surface area contributed by atoms with Gasteiger partial charge in [0.05, 0.1) is 6.61 Å². The number of rotatable bonds is 8. The first-order valence-electron chi connectivity index (χ1n) is 10.6. The largest absolute Gasteiger partial charge is 0.380 e. The Morgan fingerprint density at radius 1 is 1.00 bits per heavy atom. The van der Waals surface area contributed by atoms with Crippen LogP contribution in [0.2, 0.25) is 0 Å².